The van der Waals surface area contributed by atoms with Gasteiger partial charge >= 0.3 is 0 Å². The number of ether oxygens (including phenoxy) is 2. The third-order valence-corrected chi connectivity index (χ3v) is 6.97. The van der Waals surface area contributed by atoms with Crippen LogP contribution in [0.15, 0.2) is 27.9 Å². The number of thioether (sulfide) groups is 1. The molecule has 1 amide bonds. The molecule has 1 aromatic heterocycles. The van der Waals surface area contributed by atoms with E-state index in [0.717, 1.165) is 5.56 Å². The van der Waals surface area contributed by atoms with E-state index >= 15 is 0 Å². The maximum atomic E-state index is 13.1. The van der Waals surface area contributed by atoms with Gasteiger partial charge in [0.05, 0.1) is 4.91 Å². The summed E-state index contributed by atoms with van der Waals surface area (Å²) in [6, 6.07) is 7.68. The van der Waals surface area contributed by atoms with Crippen LogP contribution in [0.5, 0.6) is 11.5 Å². The zero-order chi connectivity index (χ0) is 23.7. The van der Waals surface area contributed by atoms with Crippen LogP contribution in [0.25, 0.3) is 6.08 Å². The van der Waals surface area contributed by atoms with Crippen molar-refractivity contribution in [3.8, 4) is 17.6 Å². The Morgan fingerprint density at radius 3 is 2.73 bits per heavy atom. The van der Waals surface area contributed by atoms with Gasteiger partial charge in [0.15, 0.2) is 11.5 Å². The quantitative estimate of drug-likeness (QED) is 0.493. The van der Waals surface area contributed by atoms with Gasteiger partial charge in [-0.25, -0.2) is 0 Å². The van der Waals surface area contributed by atoms with Crippen molar-refractivity contribution in [2.45, 2.75) is 33.4 Å². The molecule has 0 bridgehead atoms. The fourth-order valence-electron chi connectivity index (χ4n) is 3.70. The van der Waals surface area contributed by atoms with Gasteiger partial charge in [0.1, 0.15) is 21.8 Å². The molecule has 0 spiro atoms. The first-order valence-electron chi connectivity index (χ1n) is 10.4. The number of thiocarbonyl (C=S) groups is 1. The first-order chi connectivity index (χ1) is 15.8. The number of nitrogens with one attached hydrogen (secondary N) is 1. The summed E-state index contributed by atoms with van der Waals surface area (Å²) < 4.78 is 12.9. The van der Waals surface area contributed by atoms with Gasteiger partial charge in [0.25, 0.3) is 11.5 Å². The second-order valence-corrected chi connectivity index (χ2v) is 9.29. The average Bonchev–Trinajstić information content (AvgIpc) is 3.36. The molecule has 0 atom stereocenters. The number of amides is 1. The fourth-order valence-corrected chi connectivity index (χ4v) is 4.87. The molecule has 1 aromatic carbocycles. The van der Waals surface area contributed by atoms with Gasteiger partial charge in [-0.05, 0) is 42.7 Å². The van der Waals surface area contributed by atoms with Crippen LogP contribution in [0.3, 0.4) is 0 Å². The fraction of sp³-hybridized carbons (Fsp3) is 0.304. The molecule has 0 saturated carbocycles. The molecule has 170 valence electrons. The number of carbonyl (C=O) groups excluding carboxylic acids is 1. The van der Waals surface area contributed by atoms with Gasteiger partial charge in [0.2, 0.25) is 6.79 Å². The topological polar surface area (TPSA) is 96.6 Å². The standard InChI is InChI=1S/C23H22N4O4S2/c1-4-7-27-20(25-11-14-5-6-17-18(8-14)31-12-30-17)15(13(2)16(10-24)21(27)28)9-19-22(29)26(3)23(32)33-19/h5-6,8-9,25H,4,7,11-12H2,1-3H3/b19-9+. The summed E-state index contributed by atoms with van der Waals surface area (Å²) in [6.07, 6.45) is 2.41. The molecule has 0 radical (unpaired) electrons. The monoisotopic (exact) mass is 482 g/mol. The van der Waals surface area contributed by atoms with Crippen molar-refractivity contribution in [3.05, 3.63) is 55.7 Å². The molecular formula is C23H22N4O4S2. The number of anilines is 1. The van der Waals surface area contributed by atoms with Gasteiger partial charge < -0.3 is 14.8 Å². The van der Waals surface area contributed by atoms with E-state index in [-0.39, 0.29) is 23.8 Å². The van der Waals surface area contributed by atoms with Crippen molar-refractivity contribution in [1.29, 1.82) is 5.26 Å². The highest BCUT2D eigenvalue weighted by atomic mass is 32.2. The van der Waals surface area contributed by atoms with E-state index in [1.165, 1.54) is 16.7 Å². The minimum Gasteiger partial charge on any atom is -0.454 e. The number of nitrogens with zero attached hydrogens (tertiary/aromatic N) is 3. The van der Waals surface area contributed by atoms with Crippen LogP contribution in [0.2, 0.25) is 0 Å². The normalized spacial score (nSPS) is 15.9. The number of nitriles is 1. The SMILES string of the molecule is CCCn1c(NCc2ccc3c(c2)OCO3)c(/C=C2/SC(=S)N(C)C2=O)c(C)c(C#N)c1=O. The van der Waals surface area contributed by atoms with E-state index in [4.69, 9.17) is 21.7 Å². The molecule has 33 heavy (non-hydrogen) atoms. The summed E-state index contributed by atoms with van der Waals surface area (Å²) >= 11 is 6.45. The van der Waals surface area contributed by atoms with Crippen LogP contribution < -0.4 is 20.3 Å². The summed E-state index contributed by atoms with van der Waals surface area (Å²) in [5.41, 5.74) is 1.78. The summed E-state index contributed by atoms with van der Waals surface area (Å²) in [5, 5.41) is 13.0. The summed E-state index contributed by atoms with van der Waals surface area (Å²) in [7, 11) is 1.63. The van der Waals surface area contributed by atoms with Crippen LogP contribution in [-0.4, -0.2) is 33.5 Å². The Morgan fingerprint density at radius 2 is 2.06 bits per heavy atom. The Bertz CT molecular complexity index is 1290. The predicted octanol–water partition coefficient (Wildman–Crippen LogP) is 3.61. The lowest BCUT2D eigenvalue weighted by molar-refractivity contribution is -0.121. The molecule has 1 fully saturated rings. The molecular weight excluding hydrogens is 460 g/mol. The third-order valence-electron chi connectivity index (χ3n) is 5.48. The van der Waals surface area contributed by atoms with E-state index < -0.39 is 0 Å². The van der Waals surface area contributed by atoms with Crippen molar-refractivity contribution >= 4 is 46.1 Å². The van der Waals surface area contributed by atoms with Crippen LogP contribution >= 0.6 is 24.0 Å². The Hall–Kier alpha value is -3.29. The molecule has 0 aliphatic carbocycles. The molecule has 3 heterocycles. The largest absolute Gasteiger partial charge is 0.454 e. The minimum atomic E-state index is -0.356. The number of hydrogen-bond donors (Lipinski definition) is 1. The van der Waals surface area contributed by atoms with Gasteiger partial charge in [0, 0.05) is 25.7 Å². The van der Waals surface area contributed by atoms with Crippen molar-refractivity contribution in [1.82, 2.24) is 9.47 Å². The lowest BCUT2D eigenvalue weighted by Crippen LogP contribution is -2.28. The maximum absolute atomic E-state index is 13.1. The van der Waals surface area contributed by atoms with Crippen molar-refractivity contribution in [2.24, 2.45) is 0 Å². The smallest absolute Gasteiger partial charge is 0.270 e. The second kappa shape index (κ2) is 9.29. The number of benzene rings is 1. The Balaban J connectivity index is 1.81. The zero-order valence-corrected chi connectivity index (χ0v) is 20.1. The van der Waals surface area contributed by atoms with E-state index in [9.17, 15) is 14.9 Å². The highest BCUT2D eigenvalue weighted by Gasteiger charge is 2.30. The van der Waals surface area contributed by atoms with Gasteiger partial charge in [-0.1, -0.05) is 37.0 Å². The number of fused-ring (bicyclic) bond motifs is 1. The third kappa shape index (κ3) is 4.21. The highest BCUT2D eigenvalue weighted by molar-refractivity contribution is 8.26. The summed E-state index contributed by atoms with van der Waals surface area (Å²) in [6.45, 7) is 4.70. The molecule has 2 aliphatic rings. The maximum Gasteiger partial charge on any atom is 0.270 e. The molecule has 1 saturated heterocycles. The Labute approximate surface area is 200 Å². The minimum absolute atomic E-state index is 0.0651. The van der Waals surface area contributed by atoms with E-state index in [1.807, 2.05) is 31.2 Å². The number of aromatic nitrogens is 1. The number of pyridine rings is 1. The number of likely N-dealkylation sites (N-methyl/N-ethyl adjacent to an activating group) is 1. The van der Waals surface area contributed by atoms with Crippen LogP contribution in [0.1, 0.15) is 35.6 Å². The first kappa shape index (κ1) is 22.9. The Morgan fingerprint density at radius 1 is 1.30 bits per heavy atom. The second-order valence-electron chi connectivity index (χ2n) is 7.61. The predicted molar refractivity (Wildman–Crippen MR) is 131 cm³/mol. The molecule has 2 aromatic rings. The van der Waals surface area contributed by atoms with Gasteiger partial charge in [-0.2, -0.15) is 5.26 Å². The molecule has 0 unspecified atom stereocenters. The highest BCUT2D eigenvalue weighted by Crippen LogP contribution is 2.35. The first-order valence-corrected chi connectivity index (χ1v) is 11.6. The number of hydrogen-bond acceptors (Lipinski definition) is 8. The van der Waals surface area contributed by atoms with Crippen molar-refractivity contribution < 1.29 is 14.3 Å². The summed E-state index contributed by atoms with van der Waals surface area (Å²) in [4.78, 5) is 27.6. The summed E-state index contributed by atoms with van der Waals surface area (Å²) in [5.74, 6) is 1.71. The number of rotatable bonds is 6. The molecule has 10 heteroatoms. The average molecular weight is 483 g/mol. The molecule has 2 aliphatic heterocycles. The lowest BCUT2D eigenvalue weighted by Gasteiger charge is -2.20. The van der Waals surface area contributed by atoms with Crippen molar-refractivity contribution in [2.75, 3.05) is 19.2 Å². The van der Waals surface area contributed by atoms with E-state index in [1.54, 1.807) is 24.6 Å². The number of carbonyl (C=O) groups is 1. The van der Waals surface area contributed by atoms with Crippen molar-refractivity contribution in [3.63, 3.8) is 0 Å². The lowest BCUT2D eigenvalue weighted by atomic mass is 10.0. The van der Waals surface area contributed by atoms with Crippen LogP contribution in [-0.2, 0) is 17.9 Å². The molecule has 4 rings (SSSR count). The van der Waals surface area contributed by atoms with Gasteiger partial charge in [-0.3, -0.25) is 19.1 Å². The van der Waals surface area contributed by atoms with Crippen LogP contribution in [0, 0.1) is 18.3 Å². The molecule has 1 N–H and O–H groups in total. The molecule has 8 nitrogen and oxygen atoms in total. The van der Waals surface area contributed by atoms with Crippen LogP contribution in [0.4, 0.5) is 5.82 Å². The van der Waals surface area contributed by atoms with E-state index in [0.29, 0.717) is 57.2 Å². The van der Waals surface area contributed by atoms with Gasteiger partial charge in [-0.15, -0.1) is 0 Å². The Kier molecular flexibility index (Phi) is 6.44. The zero-order valence-electron chi connectivity index (χ0n) is 18.4. The van der Waals surface area contributed by atoms with E-state index in [2.05, 4.69) is 5.32 Å².